The molecule has 0 aromatic heterocycles. The van der Waals surface area contributed by atoms with Gasteiger partial charge in [0.15, 0.2) is 0 Å². The summed E-state index contributed by atoms with van der Waals surface area (Å²) in [5.74, 6) is 0.966. The van der Waals surface area contributed by atoms with Crippen LogP contribution >= 0.6 is 0 Å². The third-order valence-electron chi connectivity index (χ3n) is 3.80. The Bertz CT molecular complexity index is 800. The zero-order valence-corrected chi connectivity index (χ0v) is 16.0. The maximum absolute atomic E-state index is 12.7. The van der Waals surface area contributed by atoms with E-state index in [-0.39, 0.29) is 4.90 Å². The molecule has 136 valence electrons. The molecule has 0 heterocycles. The Kier molecular flexibility index (Phi) is 6.31. The third kappa shape index (κ3) is 5.39. The monoisotopic (exact) mass is 362 g/mol. The summed E-state index contributed by atoms with van der Waals surface area (Å²) in [6.07, 6.45) is 1.08. The average molecular weight is 362 g/mol. The summed E-state index contributed by atoms with van der Waals surface area (Å²) in [7, 11) is -2.26. The molecule has 5 nitrogen and oxygen atoms in total. The van der Waals surface area contributed by atoms with Gasteiger partial charge in [-0.3, -0.25) is 4.72 Å². The van der Waals surface area contributed by atoms with E-state index >= 15 is 0 Å². The van der Waals surface area contributed by atoms with Crippen LogP contribution in [-0.4, -0.2) is 22.1 Å². The molecule has 0 unspecified atom stereocenters. The van der Waals surface area contributed by atoms with E-state index in [9.17, 15) is 8.42 Å². The number of rotatable bonds is 8. The number of nitrogens with one attached hydrogen (secondary N) is 2. The number of ether oxygens (including phenoxy) is 1. The second-order valence-corrected chi connectivity index (χ2v) is 8.10. The van der Waals surface area contributed by atoms with Crippen molar-refractivity contribution in [3.8, 4) is 5.75 Å². The number of hydrogen-bond donors (Lipinski definition) is 2. The number of anilines is 2. The van der Waals surface area contributed by atoms with Gasteiger partial charge >= 0.3 is 0 Å². The predicted molar refractivity (Wildman–Crippen MR) is 103 cm³/mol. The van der Waals surface area contributed by atoms with Crippen LogP contribution < -0.4 is 14.8 Å². The lowest BCUT2D eigenvalue weighted by molar-refractivity contribution is 0.402. The molecular formula is C19H26N2O3S. The maximum Gasteiger partial charge on any atom is 0.265 e. The van der Waals surface area contributed by atoms with Gasteiger partial charge in [0.05, 0.1) is 7.11 Å². The lowest BCUT2D eigenvalue weighted by Crippen LogP contribution is -2.14. The predicted octanol–water partition coefficient (Wildman–Crippen LogP) is 4.26. The lowest BCUT2D eigenvalue weighted by atomic mass is 10.1. The first kappa shape index (κ1) is 19.1. The second kappa shape index (κ2) is 8.25. The molecule has 2 aromatic carbocycles. The minimum absolute atomic E-state index is 0.133. The van der Waals surface area contributed by atoms with Crippen molar-refractivity contribution in [1.82, 2.24) is 0 Å². The fourth-order valence-corrected chi connectivity index (χ4v) is 3.68. The van der Waals surface area contributed by atoms with Gasteiger partial charge in [0.2, 0.25) is 0 Å². The summed E-state index contributed by atoms with van der Waals surface area (Å²) in [4.78, 5) is 0.133. The minimum Gasteiger partial charge on any atom is -0.495 e. The van der Waals surface area contributed by atoms with Crippen molar-refractivity contribution in [3.05, 3.63) is 48.0 Å². The first-order valence-electron chi connectivity index (χ1n) is 8.33. The summed E-state index contributed by atoms with van der Waals surface area (Å²) < 4.78 is 33.1. The van der Waals surface area contributed by atoms with Gasteiger partial charge in [-0.2, -0.15) is 0 Å². The van der Waals surface area contributed by atoms with Gasteiger partial charge in [0.1, 0.15) is 10.6 Å². The Morgan fingerprint density at radius 3 is 2.28 bits per heavy atom. The van der Waals surface area contributed by atoms with Gasteiger partial charge in [-0.15, -0.1) is 0 Å². The highest BCUT2D eigenvalue weighted by atomic mass is 32.2. The number of aryl methyl sites for hydroxylation is 1. The third-order valence-corrected chi connectivity index (χ3v) is 5.20. The zero-order chi connectivity index (χ0) is 18.4. The molecule has 0 amide bonds. The van der Waals surface area contributed by atoms with Gasteiger partial charge in [0, 0.05) is 17.9 Å². The van der Waals surface area contributed by atoms with Crippen LogP contribution in [0.4, 0.5) is 11.4 Å². The van der Waals surface area contributed by atoms with E-state index in [1.165, 1.54) is 7.11 Å². The van der Waals surface area contributed by atoms with Gasteiger partial charge in [-0.1, -0.05) is 19.9 Å². The Hall–Kier alpha value is -2.21. The summed E-state index contributed by atoms with van der Waals surface area (Å²) in [6.45, 7) is 7.09. The molecule has 0 aliphatic heterocycles. The molecule has 25 heavy (non-hydrogen) atoms. The van der Waals surface area contributed by atoms with Crippen LogP contribution in [0.15, 0.2) is 47.4 Å². The molecule has 2 aromatic rings. The fourth-order valence-electron chi connectivity index (χ4n) is 2.37. The highest BCUT2D eigenvalue weighted by Gasteiger charge is 2.19. The molecule has 0 aliphatic carbocycles. The summed E-state index contributed by atoms with van der Waals surface area (Å²) in [5.41, 5.74) is 2.33. The van der Waals surface area contributed by atoms with Crippen LogP contribution in [0, 0.1) is 12.8 Å². The highest BCUT2D eigenvalue weighted by Crippen LogP contribution is 2.27. The number of benzene rings is 2. The van der Waals surface area contributed by atoms with E-state index in [1.807, 2.05) is 25.1 Å². The van der Waals surface area contributed by atoms with Crippen LogP contribution in [0.25, 0.3) is 0 Å². The molecule has 2 N–H and O–H groups in total. The molecule has 0 spiro atoms. The maximum atomic E-state index is 12.7. The van der Waals surface area contributed by atoms with E-state index in [0.717, 1.165) is 24.2 Å². The summed E-state index contributed by atoms with van der Waals surface area (Å²) in [5, 5.41) is 3.33. The Morgan fingerprint density at radius 1 is 1.04 bits per heavy atom. The van der Waals surface area contributed by atoms with Crippen molar-refractivity contribution in [1.29, 1.82) is 0 Å². The molecular weight excluding hydrogens is 336 g/mol. The molecule has 0 atom stereocenters. The first-order valence-corrected chi connectivity index (χ1v) is 9.81. The SMILES string of the molecule is COc1ccc(C)cc1S(=O)(=O)Nc1ccc(NCCC(C)C)cc1. The molecule has 0 fully saturated rings. The largest absolute Gasteiger partial charge is 0.495 e. The van der Waals surface area contributed by atoms with Crippen LogP contribution in [0.2, 0.25) is 0 Å². The molecule has 0 saturated carbocycles. The van der Waals surface area contributed by atoms with E-state index < -0.39 is 10.0 Å². The zero-order valence-electron chi connectivity index (χ0n) is 15.2. The van der Waals surface area contributed by atoms with Crippen molar-refractivity contribution in [2.75, 3.05) is 23.7 Å². The summed E-state index contributed by atoms with van der Waals surface area (Å²) >= 11 is 0. The quantitative estimate of drug-likeness (QED) is 0.736. The Morgan fingerprint density at radius 2 is 1.68 bits per heavy atom. The smallest absolute Gasteiger partial charge is 0.265 e. The van der Waals surface area contributed by atoms with Crippen LogP contribution in [0.1, 0.15) is 25.8 Å². The van der Waals surface area contributed by atoms with E-state index in [4.69, 9.17) is 4.74 Å². The summed E-state index contributed by atoms with van der Waals surface area (Å²) in [6, 6.07) is 12.3. The normalized spacial score (nSPS) is 11.4. The van der Waals surface area contributed by atoms with Crippen LogP contribution in [0.5, 0.6) is 5.75 Å². The van der Waals surface area contributed by atoms with Gasteiger partial charge in [-0.05, 0) is 61.2 Å². The second-order valence-electron chi connectivity index (χ2n) is 6.45. The first-order chi connectivity index (χ1) is 11.8. The molecule has 0 bridgehead atoms. The van der Waals surface area contributed by atoms with Crippen molar-refractivity contribution >= 4 is 21.4 Å². The standard InChI is InChI=1S/C19H26N2O3S/c1-14(2)11-12-20-16-6-8-17(9-7-16)21-25(22,23)19-13-15(3)5-10-18(19)24-4/h5-10,13-14,20-21H,11-12H2,1-4H3. The Labute approximate surface area is 150 Å². The molecule has 0 radical (unpaired) electrons. The topological polar surface area (TPSA) is 67.4 Å². The van der Waals surface area contributed by atoms with Gasteiger partial charge < -0.3 is 10.1 Å². The average Bonchev–Trinajstić information content (AvgIpc) is 2.56. The molecule has 0 aliphatic rings. The van der Waals surface area contributed by atoms with Crippen molar-refractivity contribution < 1.29 is 13.2 Å². The van der Waals surface area contributed by atoms with Crippen molar-refractivity contribution in [2.45, 2.75) is 32.1 Å². The van der Waals surface area contributed by atoms with Crippen molar-refractivity contribution in [3.63, 3.8) is 0 Å². The van der Waals surface area contributed by atoms with E-state index in [2.05, 4.69) is 23.9 Å². The molecule has 6 heteroatoms. The highest BCUT2D eigenvalue weighted by molar-refractivity contribution is 7.92. The number of hydrogen-bond acceptors (Lipinski definition) is 4. The van der Waals surface area contributed by atoms with E-state index in [1.54, 1.807) is 24.3 Å². The van der Waals surface area contributed by atoms with Gasteiger partial charge in [0.25, 0.3) is 10.0 Å². The lowest BCUT2D eigenvalue weighted by Gasteiger charge is -2.13. The van der Waals surface area contributed by atoms with Gasteiger partial charge in [-0.25, -0.2) is 8.42 Å². The van der Waals surface area contributed by atoms with Crippen LogP contribution in [-0.2, 0) is 10.0 Å². The van der Waals surface area contributed by atoms with E-state index in [0.29, 0.717) is 17.4 Å². The van der Waals surface area contributed by atoms with Crippen LogP contribution in [0.3, 0.4) is 0 Å². The fraction of sp³-hybridized carbons (Fsp3) is 0.368. The van der Waals surface area contributed by atoms with Crippen molar-refractivity contribution in [2.24, 2.45) is 5.92 Å². The number of methoxy groups -OCH3 is 1. The minimum atomic E-state index is -3.72. The molecule has 0 saturated heterocycles. The molecule has 2 rings (SSSR count). The Balaban J connectivity index is 2.12. The number of sulfonamides is 1.